The van der Waals surface area contributed by atoms with Crippen molar-refractivity contribution >= 4 is 34.8 Å². The van der Waals surface area contributed by atoms with Crippen LogP contribution in [0.4, 0.5) is 13.2 Å². The number of alkyl halides is 3. The fourth-order valence-electron chi connectivity index (χ4n) is 2.35. The standard InChI is InChI=1S/C17H13ClF3N3OS/c18-13-9-12(17(19,20)21)10-24-15(13)22-23-16(24)26-8-4-7-14(25)11-5-2-1-3-6-11/h1-3,5-6,9-10H,4,7-8H2. The fourth-order valence-corrected chi connectivity index (χ4v) is 3.45. The van der Waals surface area contributed by atoms with E-state index in [2.05, 4.69) is 10.2 Å². The third kappa shape index (κ3) is 4.19. The molecule has 0 radical (unpaired) electrons. The lowest BCUT2D eigenvalue weighted by Gasteiger charge is -2.08. The average molecular weight is 400 g/mol. The molecule has 1 aromatic carbocycles. The lowest BCUT2D eigenvalue weighted by atomic mass is 10.1. The molecule has 0 aliphatic rings. The molecule has 0 aliphatic carbocycles. The summed E-state index contributed by atoms with van der Waals surface area (Å²) in [6.45, 7) is 0. The minimum atomic E-state index is -4.51. The van der Waals surface area contributed by atoms with Crippen LogP contribution in [0.25, 0.3) is 5.65 Å². The summed E-state index contributed by atoms with van der Waals surface area (Å²) in [5.74, 6) is 0.549. The number of carbonyl (C=O) groups is 1. The van der Waals surface area contributed by atoms with Crippen LogP contribution in [-0.2, 0) is 6.18 Å². The maximum absolute atomic E-state index is 12.9. The first-order chi connectivity index (χ1) is 12.4. The summed E-state index contributed by atoms with van der Waals surface area (Å²) in [5, 5.41) is 7.92. The Morgan fingerprint density at radius 1 is 1.19 bits per heavy atom. The number of thioether (sulfide) groups is 1. The van der Waals surface area contributed by atoms with Crippen LogP contribution in [0.1, 0.15) is 28.8 Å². The van der Waals surface area contributed by atoms with Crippen molar-refractivity contribution in [1.82, 2.24) is 14.6 Å². The fraction of sp³-hybridized carbons (Fsp3) is 0.235. The van der Waals surface area contributed by atoms with Gasteiger partial charge in [-0.05, 0) is 12.5 Å². The first kappa shape index (κ1) is 18.7. The van der Waals surface area contributed by atoms with Crippen LogP contribution in [0.5, 0.6) is 0 Å². The zero-order chi connectivity index (χ0) is 18.7. The number of carbonyl (C=O) groups excluding carboxylic acids is 1. The molecular formula is C17H13ClF3N3OS. The van der Waals surface area contributed by atoms with Crippen molar-refractivity contribution in [3.8, 4) is 0 Å². The second-order valence-electron chi connectivity index (χ2n) is 5.49. The largest absolute Gasteiger partial charge is 0.417 e. The van der Waals surface area contributed by atoms with Gasteiger partial charge in [-0.25, -0.2) is 0 Å². The highest BCUT2D eigenvalue weighted by molar-refractivity contribution is 7.99. The lowest BCUT2D eigenvalue weighted by molar-refractivity contribution is -0.137. The van der Waals surface area contributed by atoms with Crippen LogP contribution in [0.15, 0.2) is 47.8 Å². The van der Waals surface area contributed by atoms with E-state index in [0.29, 0.717) is 29.3 Å². The Morgan fingerprint density at radius 2 is 1.92 bits per heavy atom. The number of Topliss-reactive ketones (excluding diaryl/α,β-unsaturated/α-hetero) is 1. The Bertz CT molecular complexity index is 928. The molecule has 2 aromatic heterocycles. The van der Waals surface area contributed by atoms with Crippen LogP contribution in [0, 0.1) is 0 Å². The molecule has 9 heteroatoms. The Balaban J connectivity index is 1.66. The van der Waals surface area contributed by atoms with E-state index < -0.39 is 11.7 Å². The second-order valence-corrected chi connectivity index (χ2v) is 6.96. The molecule has 0 bridgehead atoms. The van der Waals surface area contributed by atoms with Gasteiger partial charge in [-0.15, -0.1) is 10.2 Å². The van der Waals surface area contributed by atoms with Gasteiger partial charge in [0, 0.05) is 23.9 Å². The van der Waals surface area contributed by atoms with Gasteiger partial charge in [0.05, 0.1) is 10.6 Å². The zero-order valence-corrected chi connectivity index (χ0v) is 14.9. The smallest absolute Gasteiger partial charge is 0.294 e. The molecule has 0 aliphatic heterocycles. The molecule has 3 aromatic rings. The Hall–Kier alpha value is -2.06. The number of hydrogen-bond acceptors (Lipinski definition) is 4. The lowest BCUT2D eigenvalue weighted by Crippen LogP contribution is -2.07. The van der Waals surface area contributed by atoms with Gasteiger partial charge in [0.15, 0.2) is 16.6 Å². The number of aromatic nitrogens is 3. The van der Waals surface area contributed by atoms with Gasteiger partial charge in [-0.1, -0.05) is 53.7 Å². The van der Waals surface area contributed by atoms with Crippen LogP contribution in [0.2, 0.25) is 5.02 Å². The molecule has 0 saturated heterocycles. The van der Waals surface area contributed by atoms with Crippen molar-refractivity contribution in [3.63, 3.8) is 0 Å². The van der Waals surface area contributed by atoms with E-state index in [1.54, 1.807) is 24.3 Å². The van der Waals surface area contributed by atoms with Gasteiger partial charge >= 0.3 is 6.18 Å². The maximum Gasteiger partial charge on any atom is 0.417 e. The van der Waals surface area contributed by atoms with E-state index in [4.69, 9.17) is 11.6 Å². The summed E-state index contributed by atoms with van der Waals surface area (Å²) < 4.78 is 40.0. The van der Waals surface area contributed by atoms with Gasteiger partial charge in [-0.3, -0.25) is 9.20 Å². The van der Waals surface area contributed by atoms with Crippen molar-refractivity contribution in [2.24, 2.45) is 0 Å². The highest BCUT2D eigenvalue weighted by Crippen LogP contribution is 2.33. The van der Waals surface area contributed by atoms with Crippen molar-refractivity contribution in [3.05, 3.63) is 58.7 Å². The van der Waals surface area contributed by atoms with Crippen LogP contribution >= 0.6 is 23.4 Å². The highest BCUT2D eigenvalue weighted by atomic mass is 35.5. The number of nitrogens with zero attached hydrogens (tertiary/aromatic N) is 3. The Morgan fingerprint density at radius 3 is 2.62 bits per heavy atom. The molecule has 3 rings (SSSR count). The summed E-state index contributed by atoms with van der Waals surface area (Å²) in [6.07, 6.45) is -2.66. The van der Waals surface area contributed by atoms with Gasteiger partial charge in [0.2, 0.25) is 0 Å². The van der Waals surface area contributed by atoms with E-state index in [0.717, 1.165) is 12.3 Å². The highest BCUT2D eigenvalue weighted by Gasteiger charge is 2.32. The number of fused-ring (bicyclic) bond motifs is 1. The number of ketones is 1. The zero-order valence-electron chi connectivity index (χ0n) is 13.3. The molecule has 0 spiro atoms. The van der Waals surface area contributed by atoms with Crippen LogP contribution in [0.3, 0.4) is 0 Å². The monoisotopic (exact) mass is 399 g/mol. The number of halogens is 4. The topological polar surface area (TPSA) is 47.3 Å². The molecule has 0 unspecified atom stereocenters. The SMILES string of the molecule is O=C(CCCSc1nnc2c(Cl)cc(C(F)(F)F)cn12)c1ccccc1. The molecule has 136 valence electrons. The summed E-state index contributed by atoms with van der Waals surface area (Å²) in [7, 11) is 0. The molecule has 26 heavy (non-hydrogen) atoms. The number of rotatable bonds is 6. The van der Waals surface area contributed by atoms with Gasteiger partial charge < -0.3 is 0 Å². The van der Waals surface area contributed by atoms with E-state index >= 15 is 0 Å². The second kappa shape index (κ2) is 7.67. The van der Waals surface area contributed by atoms with Crippen LogP contribution in [-0.4, -0.2) is 26.1 Å². The Labute approximate surface area is 156 Å². The third-order valence-corrected chi connectivity index (χ3v) is 4.94. The van der Waals surface area contributed by atoms with Gasteiger partial charge in [0.25, 0.3) is 0 Å². The third-order valence-electron chi connectivity index (χ3n) is 3.63. The minimum Gasteiger partial charge on any atom is -0.294 e. The van der Waals surface area contributed by atoms with Crippen molar-refractivity contribution in [2.45, 2.75) is 24.2 Å². The summed E-state index contributed by atoms with van der Waals surface area (Å²) in [6, 6.07) is 9.77. The maximum atomic E-state index is 12.9. The summed E-state index contributed by atoms with van der Waals surface area (Å²) in [4.78, 5) is 12.0. The van der Waals surface area contributed by atoms with E-state index in [1.165, 1.54) is 16.2 Å². The molecule has 0 saturated carbocycles. The summed E-state index contributed by atoms with van der Waals surface area (Å²) in [5.41, 5.74) is -0.0505. The van der Waals surface area contributed by atoms with Gasteiger partial charge in [0.1, 0.15) is 0 Å². The Kier molecular flexibility index (Phi) is 5.52. The molecule has 0 N–H and O–H groups in total. The van der Waals surface area contributed by atoms with Crippen molar-refractivity contribution in [1.29, 1.82) is 0 Å². The predicted octanol–water partition coefficient (Wildman–Crippen LogP) is 5.16. The van der Waals surface area contributed by atoms with Crippen molar-refractivity contribution < 1.29 is 18.0 Å². The van der Waals surface area contributed by atoms with E-state index in [9.17, 15) is 18.0 Å². The normalized spacial score (nSPS) is 11.8. The molecule has 0 fully saturated rings. The first-order valence-corrected chi connectivity index (χ1v) is 9.05. The van der Waals surface area contributed by atoms with Crippen molar-refractivity contribution in [2.75, 3.05) is 5.75 Å². The quantitative estimate of drug-likeness (QED) is 0.326. The number of benzene rings is 1. The summed E-state index contributed by atoms with van der Waals surface area (Å²) >= 11 is 7.11. The molecule has 0 amide bonds. The van der Waals surface area contributed by atoms with Gasteiger partial charge in [-0.2, -0.15) is 13.2 Å². The minimum absolute atomic E-state index is 0.0275. The first-order valence-electron chi connectivity index (χ1n) is 7.69. The predicted molar refractivity (Wildman–Crippen MR) is 93.7 cm³/mol. The van der Waals surface area contributed by atoms with E-state index in [1.807, 2.05) is 6.07 Å². The molecule has 4 nitrogen and oxygen atoms in total. The molecule has 2 heterocycles. The number of hydrogen-bond donors (Lipinski definition) is 0. The van der Waals surface area contributed by atoms with E-state index in [-0.39, 0.29) is 16.5 Å². The molecule has 0 atom stereocenters. The average Bonchev–Trinajstić information content (AvgIpc) is 3.02. The molecular weight excluding hydrogens is 387 g/mol. The van der Waals surface area contributed by atoms with Crippen LogP contribution < -0.4 is 0 Å². The number of pyridine rings is 1.